The summed E-state index contributed by atoms with van der Waals surface area (Å²) >= 11 is 11.5. The molecule has 37 heavy (non-hydrogen) atoms. The molecule has 1 atom stereocenters. The maximum Gasteiger partial charge on any atom is 0.417 e. The highest BCUT2D eigenvalue weighted by atomic mass is 35.5. The molecule has 0 heterocycles. The molecule has 202 valence electrons. The second-order valence-electron chi connectivity index (χ2n) is 8.92. The van der Waals surface area contributed by atoms with Crippen LogP contribution in [0.2, 0.25) is 10.0 Å². The van der Waals surface area contributed by atoms with Gasteiger partial charge < -0.3 is 0 Å². The molecular weight excluding hydrogens is 558 g/mol. The first-order valence-electron chi connectivity index (χ1n) is 11.0. The summed E-state index contributed by atoms with van der Waals surface area (Å²) in [7, 11) is 0. The molecule has 1 unspecified atom stereocenters. The van der Waals surface area contributed by atoms with E-state index in [1.165, 1.54) is 0 Å². The second-order valence-corrected chi connectivity index (χ2v) is 9.79. The molecule has 1 nitrogen and oxygen atoms in total. The standard InChI is InChI=1S/C25H19Cl2F9O/c26-16-8-15(9-17(27)11-16)19(24(31,32)33)12-21(28)14-1-2-18(20(10-14)25(34,35)36)22(37)7-13-3-5-23(29,30)6-4-13/h1-2,8-13,19H,3-7H2/b21-12-. The van der Waals surface area contributed by atoms with Crippen molar-refractivity contribution in [1.29, 1.82) is 0 Å². The van der Waals surface area contributed by atoms with Crippen LogP contribution in [-0.4, -0.2) is 17.9 Å². The Hall–Kier alpha value is -2.20. The number of alkyl halides is 8. The van der Waals surface area contributed by atoms with Crippen molar-refractivity contribution in [1.82, 2.24) is 0 Å². The zero-order chi connectivity index (χ0) is 27.8. The summed E-state index contributed by atoms with van der Waals surface area (Å²) in [5.41, 5.74) is -3.70. The summed E-state index contributed by atoms with van der Waals surface area (Å²) in [5.74, 6) is -8.59. The van der Waals surface area contributed by atoms with Crippen molar-refractivity contribution >= 4 is 34.8 Å². The van der Waals surface area contributed by atoms with Gasteiger partial charge >= 0.3 is 12.4 Å². The van der Waals surface area contributed by atoms with Crippen LogP contribution in [0.4, 0.5) is 39.5 Å². The molecule has 3 rings (SSSR count). The van der Waals surface area contributed by atoms with E-state index >= 15 is 0 Å². The molecule has 1 aliphatic carbocycles. The Labute approximate surface area is 216 Å². The molecule has 0 radical (unpaired) electrons. The van der Waals surface area contributed by atoms with E-state index in [1.54, 1.807) is 0 Å². The van der Waals surface area contributed by atoms with Crippen LogP contribution < -0.4 is 0 Å². The average molecular weight is 577 g/mol. The molecule has 1 fully saturated rings. The molecule has 0 bridgehead atoms. The Bertz CT molecular complexity index is 1160. The number of rotatable bonds is 6. The van der Waals surface area contributed by atoms with Gasteiger partial charge in [0.15, 0.2) is 5.78 Å². The Morgan fingerprint density at radius 2 is 1.54 bits per heavy atom. The summed E-state index contributed by atoms with van der Waals surface area (Å²) in [6.07, 6.45) is -11.5. The monoisotopic (exact) mass is 576 g/mol. The predicted octanol–water partition coefficient (Wildman–Crippen LogP) is 10.1. The molecule has 0 aromatic heterocycles. The predicted molar refractivity (Wildman–Crippen MR) is 122 cm³/mol. The number of benzene rings is 2. The van der Waals surface area contributed by atoms with E-state index in [1.807, 2.05) is 0 Å². The molecule has 0 N–H and O–H groups in total. The van der Waals surface area contributed by atoms with Crippen LogP contribution in [-0.2, 0) is 6.18 Å². The molecular formula is C25H19Cl2F9O. The average Bonchev–Trinajstić information content (AvgIpc) is 2.76. The Morgan fingerprint density at radius 3 is 2.05 bits per heavy atom. The van der Waals surface area contributed by atoms with E-state index in [0.717, 1.165) is 24.3 Å². The zero-order valence-electron chi connectivity index (χ0n) is 18.8. The number of halogens is 11. The Balaban J connectivity index is 1.95. The van der Waals surface area contributed by atoms with E-state index in [0.29, 0.717) is 6.07 Å². The minimum atomic E-state index is -5.13. The summed E-state index contributed by atoms with van der Waals surface area (Å²) in [4.78, 5) is 12.6. The van der Waals surface area contributed by atoms with Gasteiger partial charge in [0.2, 0.25) is 5.92 Å². The third kappa shape index (κ3) is 7.66. The summed E-state index contributed by atoms with van der Waals surface area (Å²) in [6.45, 7) is 0. The van der Waals surface area contributed by atoms with Crippen LogP contribution in [0, 0.1) is 5.92 Å². The molecule has 0 amide bonds. The zero-order valence-corrected chi connectivity index (χ0v) is 20.3. The molecule has 1 aliphatic rings. The summed E-state index contributed by atoms with van der Waals surface area (Å²) in [5, 5.41) is -0.316. The Morgan fingerprint density at radius 1 is 0.973 bits per heavy atom. The number of ketones is 1. The van der Waals surface area contributed by atoms with Gasteiger partial charge in [-0.15, -0.1) is 0 Å². The van der Waals surface area contributed by atoms with Crippen molar-refractivity contribution in [2.75, 3.05) is 0 Å². The fraction of sp³-hybridized carbons (Fsp3) is 0.400. The number of allylic oxidation sites excluding steroid dienone is 1. The fourth-order valence-electron chi connectivity index (χ4n) is 4.22. The van der Waals surface area contributed by atoms with E-state index < -0.39 is 83.2 Å². The van der Waals surface area contributed by atoms with E-state index in [9.17, 15) is 44.3 Å². The largest absolute Gasteiger partial charge is 0.417 e. The normalized spacial score (nSPS) is 18.1. The van der Waals surface area contributed by atoms with Crippen LogP contribution >= 0.6 is 23.2 Å². The first kappa shape index (κ1) is 29.4. The van der Waals surface area contributed by atoms with E-state index in [2.05, 4.69) is 0 Å². The lowest BCUT2D eigenvalue weighted by molar-refractivity contribution is -0.140. The van der Waals surface area contributed by atoms with Gasteiger partial charge in [-0.25, -0.2) is 13.2 Å². The minimum Gasteiger partial charge on any atom is -0.294 e. The maximum absolute atomic E-state index is 14.9. The van der Waals surface area contributed by atoms with Crippen LogP contribution in [0.25, 0.3) is 5.83 Å². The number of Topliss-reactive ketones (excluding diaryl/α,β-unsaturated/α-hetero) is 1. The molecule has 2 aromatic rings. The summed E-state index contributed by atoms with van der Waals surface area (Å²) < 4.78 is 124. The van der Waals surface area contributed by atoms with Gasteiger partial charge in [-0.1, -0.05) is 35.3 Å². The van der Waals surface area contributed by atoms with Crippen molar-refractivity contribution < 1.29 is 44.3 Å². The Kier molecular flexibility index (Phi) is 8.64. The van der Waals surface area contributed by atoms with Crippen molar-refractivity contribution in [2.24, 2.45) is 5.92 Å². The van der Waals surface area contributed by atoms with Crippen molar-refractivity contribution in [3.05, 3.63) is 74.8 Å². The van der Waals surface area contributed by atoms with Crippen LogP contribution in [0.3, 0.4) is 0 Å². The first-order valence-corrected chi connectivity index (χ1v) is 11.7. The number of carbonyl (C=O) groups is 1. The summed E-state index contributed by atoms with van der Waals surface area (Å²) in [6, 6.07) is 4.67. The highest BCUT2D eigenvalue weighted by molar-refractivity contribution is 6.34. The molecule has 0 spiro atoms. The number of carbonyl (C=O) groups excluding carboxylic acids is 1. The van der Waals surface area contributed by atoms with Crippen molar-refractivity contribution in [3.63, 3.8) is 0 Å². The number of hydrogen-bond acceptors (Lipinski definition) is 1. The lowest BCUT2D eigenvalue weighted by Crippen LogP contribution is -2.26. The van der Waals surface area contributed by atoms with Crippen LogP contribution in [0.1, 0.15) is 65.1 Å². The topological polar surface area (TPSA) is 17.1 Å². The minimum absolute atomic E-state index is 0.0398. The SMILES string of the molecule is O=C(CC1CCC(F)(F)CC1)c1ccc(/C(F)=C/C(c2cc(Cl)cc(Cl)c2)C(F)(F)F)cc1C(F)(F)F. The lowest BCUT2D eigenvalue weighted by atomic mass is 9.82. The first-order chi connectivity index (χ1) is 17.0. The van der Waals surface area contributed by atoms with Crippen molar-refractivity contribution in [3.8, 4) is 0 Å². The highest BCUT2D eigenvalue weighted by Crippen LogP contribution is 2.42. The van der Waals surface area contributed by atoms with Crippen LogP contribution in [0.15, 0.2) is 42.5 Å². The van der Waals surface area contributed by atoms with Crippen LogP contribution in [0.5, 0.6) is 0 Å². The van der Waals surface area contributed by atoms with Gasteiger partial charge in [0.1, 0.15) is 11.7 Å². The molecule has 0 aliphatic heterocycles. The van der Waals surface area contributed by atoms with Gasteiger partial charge in [0.05, 0.1) is 5.56 Å². The van der Waals surface area contributed by atoms with Gasteiger partial charge in [-0.05, 0) is 54.7 Å². The lowest BCUT2D eigenvalue weighted by Gasteiger charge is -2.28. The third-order valence-corrected chi connectivity index (χ3v) is 6.56. The van der Waals surface area contributed by atoms with E-state index in [-0.39, 0.29) is 35.0 Å². The fourth-order valence-corrected chi connectivity index (χ4v) is 4.77. The highest BCUT2D eigenvalue weighted by Gasteiger charge is 2.41. The molecule has 1 saturated carbocycles. The van der Waals surface area contributed by atoms with Gasteiger partial charge in [-0.3, -0.25) is 4.79 Å². The van der Waals surface area contributed by atoms with Crippen molar-refractivity contribution in [2.45, 2.75) is 56.3 Å². The number of hydrogen-bond donors (Lipinski definition) is 0. The third-order valence-electron chi connectivity index (χ3n) is 6.12. The molecule has 12 heteroatoms. The van der Waals surface area contributed by atoms with E-state index in [4.69, 9.17) is 23.2 Å². The maximum atomic E-state index is 14.9. The molecule has 2 aromatic carbocycles. The van der Waals surface area contributed by atoms with Gasteiger partial charge in [0, 0.05) is 40.4 Å². The van der Waals surface area contributed by atoms with Gasteiger partial charge in [0.25, 0.3) is 0 Å². The second kappa shape index (κ2) is 10.9. The molecule has 0 saturated heterocycles. The van der Waals surface area contributed by atoms with Gasteiger partial charge in [-0.2, -0.15) is 26.3 Å². The smallest absolute Gasteiger partial charge is 0.294 e. The quantitative estimate of drug-likeness (QED) is 0.247.